The third-order valence-electron chi connectivity index (χ3n) is 3.35. The Hall–Kier alpha value is -1.56. The SMILES string of the molecule is COc1ccc(CCC(=O)N(CCC(=O)O)C(C)C)cc1Br. The quantitative estimate of drug-likeness (QED) is 0.762. The molecule has 0 heterocycles. The standard InChI is InChI=1S/C16H22BrNO4/c1-11(2)18(9-8-16(20)21)15(19)7-5-12-4-6-14(22-3)13(17)10-12/h4,6,10-11H,5,7-9H2,1-3H3,(H,20,21). The minimum absolute atomic E-state index is 0.00514. The van der Waals surface area contributed by atoms with Crippen molar-refractivity contribution in [2.75, 3.05) is 13.7 Å². The lowest BCUT2D eigenvalue weighted by Gasteiger charge is -2.26. The molecule has 0 atom stereocenters. The third kappa shape index (κ3) is 5.67. The van der Waals surface area contributed by atoms with E-state index in [4.69, 9.17) is 9.84 Å². The van der Waals surface area contributed by atoms with Crippen molar-refractivity contribution in [3.8, 4) is 5.75 Å². The predicted octanol–water partition coefficient (Wildman–Crippen LogP) is 3.10. The fourth-order valence-electron chi connectivity index (χ4n) is 2.15. The number of hydrogen-bond acceptors (Lipinski definition) is 3. The van der Waals surface area contributed by atoms with E-state index in [1.807, 2.05) is 32.0 Å². The van der Waals surface area contributed by atoms with Crippen molar-refractivity contribution in [1.82, 2.24) is 4.90 Å². The largest absolute Gasteiger partial charge is 0.496 e. The molecule has 1 N–H and O–H groups in total. The molecule has 6 heteroatoms. The van der Waals surface area contributed by atoms with E-state index in [0.29, 0.717) is 12.8 Å². The molecule has 0 fully saturated rings. The highest BCUT2D eigenvalue weighted by Crippen LogP contribution is 2.26. The van der Waals surface area contributed by atoms with Crippen molar-refractivity contribution in [2.45, 2.75) is 39.2 Å². The first kappa shape index (κ1) is 18.5. The van der Waals surface area contributed by atoms with E-state index in [1.165, 1.54) is 0 Å². The van der Waals surface area contributed by atoms with Crippen LogP contribution in [0.5, 0.6) is 5.75 Å². The summed E-state index contributed by atoms with van der Waals surface area (Å²) in [5.74, 6) is -0.166. The summed E-state index contributed by atoms with van der Waals surface area (Å²) in [6.07, 6.45) is 0.937. The molecule has 0 unspecified atom stereocenters. The highest BCUT2D eigenvalue weighted by Gasteiger charge is 2.17. The summed E-state index contributed by atoms with van der Waals surface area (Å²) in [7, 11) is 1.60. The van der Waals surface area contributed by atoms with E-state index in [2.05, 4.69) is 15.9 Å². The van der Waals surface area contributed by atoms with E-state index in [0.717, 1.165) is 15.8 Å². The number of ether oxygens (including phenoxy) is 1. The van der Waals surface area contributed by atoms with Crippen LogP contribution in [0.4, 0.5) is 0 Å². The highest BCUT2D eigenvalue weighted by atomic mass is 79.9. The van der Waals surface area contributed by atoms with Crippen molar-refractivity contribution >= 4 is 27.8 Å². The molecule has 0 aliphatic carbocycles. The number of carboxylic acids is 1. The van der Waals surface area contributed by atoms with E-state index in [9.17, 15) is 9.59 Å². The summed E-state index contributed by atoms with van der Waals surface area (Å²) < 4.78 is 6.03. The lowest BCUT2D eigenvalue weighted by molar-refractivity contribution is -0.139. The van der Waals surface area contributed by atoms with Crippen LogP contribution in [-0.4, -0.2) is 41.6 Å². The number of methoxy groups -OCH3 is 1. The minimum Gasteiger partial charge on any atom is -0.496 e. The van der Waals surface area contributed by atoms with Crippen molar-refractivity contribution in [1.29, 1.82) is 0 Å². The van der Waals surface area contributed by atoms with Gasteiger partial charge in [0.15, 0.2) is 0 Å². The van der Waals surface area contributed by atoms with Crippen LogP contribution in [0.3, 0.4) is 0 Å². The molecule has 1 aromatic carbocycles. The maximum Gasteiger partial charge on any atom is 0.305 e. The third-order valence-corrected chi connectivity index (χ3v) is 3.97. The molecule has 0 aliphatic rings. The van der Waals surface area contributed by atoms with Gasteiger partial charge >= 0.3 is 5.97 Å². The van der Waals surface area contributed by atoms with Gasteiger partial charge in [0.25, 0.3) is 0 Å². The molecule has 0 saturated heterocycles. The van der Waals surface area contributed by atoms with Crippen molar-refractivity contribution in [2.24, 2.45) is 0 Å². The van der Waals surface area contributed by atoms with Crippen LogP contribution in [0.25, 0.3) is 0 Å². The Bertz CT molecular complexity index is 531. The van der Waals surface area contributed by atoms with Gasteiger partial charge < -0.3 is 14.7 Å². The van der Waals surface area contributed by atoms with E-state index in [1.54, 1.807) is 12.0 Å². The second-order valence-corrected chi connectivity index (χ2v) is 6.15. The van der Waals surface area contributed by atoms with Gasteiger partial charge in [-0.15, -0.1) is 0 Å². The first-order valence-corrected chi connectivity index (χ1v) is 7.98. The summed E-state index contributed by atoms with van der Waals surface area (Å²) in [6, 6.07) is 5.71. The van der Waals surface area contributed by atoms with E-state index >= 15 is 0 Å². The van der Waals surface area contributed by atoms with Crippen LogP contribution < -0.4 is 4.74 Å². The summed E-state index contributed by atoms with van der Waals surface area (Å²) in [5.41, 5.74) is 1.03. The summed E-state index contributed by atoms with van der Waals surface area (Å²) in [5, 5.41) is 8.76. The number of hydrogen-bond donors (Lipinski definition) is 1. The predicted molar refractivity (Wildman–Crippen MR) is 88.1 cm³/mol. The Balaban J connectivity index is 2.62. The van der Waals surface area contributed by atoms with Crippen LogP contribution in [0, 0.1) is 0 Å². The Labute approximate surface area is 139 Å². The van der Waals surface area contributed by atoms with Crippen LogP contribution in [0.2, 0.25) is 0 Å². The number of aliphatic carboxylic acids is 1. The average Bonchev–Trinajstić information content (AvgIpc) is 2.44. The summed E-state index contributed by atoms with van der Waals surface area (Å²) >= 11 is 3.42. The normalized spacial score (nSPS) is 10.6. The molecule has 0 aromatic heterocycles. The van der Waals surface area contributed by atoms with Crippen molar-refractivity contribution < 1.29 is 19.4 Å². The molecule has 22 heavy (non-hydrogen) atoms. The molecule has 0 aliphatic heterocycles. The summed E-state index contributed by atoms with van der Waals surface area (Å²) in [6.45, 7) is 4.03. The van der Waals surface area contributed by atoms with Crippen LogP contribution in [-0.2, 0) is 16.0 Å². The fraction of sp³-hybridized carbons (Fsp3) is 0.500. The number of nitrogens with zero attached hydrogens (tertiary/aromatic N) is 1. The van der Waals surface area contributed by atoms with Crippen molar-refractivity contribution in [3.63, 3.8) is 0 Å². The highest BCUT2D eigenvalue weighted by molar-refractivity contribution is 9.10. The molecule has 1 aromatic rings. The van der Waals surface area contributed by atoms with Gasteiger partial charge in [-0.25, -0.2) is 0 Å². The number of carboxylic acid groups (broad SMARTS) is 1. The Morgan fingerprint density at radius 1 is 1.32 bits per heavy atom. The Morgan fingerprint density at radius 3 is 2.50 bits per heavy atom. The molecule has 122 valence electrons. The lowest BCUT2D eigenvalue weighted by atomic mass is 10.1. The summed E-state index contributed by atoms with van der Waals surface area (Å²) in [4.78, 5) is 24.6. The lowest BCUT2D eigenvalue weighted by Crippen LogP contribution is -2.38. The molecular weight excluding hydrogens is 350 g/mol. The smallest absolute Gasteiger partial charge is 0.305 e. The van der Waals surface area contributed by atoms with Crippen LogP contribution in [0.15, 0.2) is 22.7 Å². The molecule has 0 bridgehead atoms. The molecule has 5 nitrogen and oxygen atoms in total. The first-order valence-electron chi connectivity index (χ1n) is 7.18. The van der Waals surface area contributed by atoms with Crippen molar-refractivity contribution in [3.05, 3.63) is 28.2 Å². The van der Waals surface area contributed by atoms with Gasteiger partial charge in [-0.2, -0.15) is 0 Å². The van der Waals surface area contributed by atoms with E-state index in [-0.39, 0.29) is 24.9 Å². The van der Waals surface area contributed by atoms with E-state index < -0.39 is 5.97 Å². The Morgan fingerprint density at radius 2 is 2.00 bits per heavy atom. The molecular formula is C16H22BrNO4. The Kier molecular flexibility index (Phi) is 7.38. The fourth-order valence-corrected chi connectivity index (χ4v) is 2.74. The maximum atomic E-state index is 12.3. The van der Waals surface area contributed by atoms with Gasteiger partial charge in [0.1, 0.15) is 5.75 Å². The number of carbonyl (C=O) groups excluding carboxylic acids is 1. The zero-order valence-corrected chi connectivity index (χ0v) is 14.7. The topological polar surface area (TPSA) is 66.8 Å². The number of benzene rings is 1. The molecule has 0 spiro atoms. The van der Waals surface area contributed by atoms with Gasteiger partial charge in [-0.3, -0.25) is 9.59 Å². The van der Waals surface area contributed by atoms with Gasteiger partial charge in [0.05, 0.1) is 18.0 Å². The molecule has 1 rings (SSSR count). The number of halogens is 1. The average molecular weight is 372 g/mol. The molecule has 0 radical (unpaired) electrons. The minimum atomic E-state index is -0.891. The second-order valence-electron chi connectivity index (χ2n) is 5.29. The van der Waals surface area contributed by atoms with Gasteiger partial charge in [0, 0.05) is 19.0 Å². The van der Waals surface area contributed by atoms with Gasteiger partial charge in [-0.05, 0) is 53.9 Å². The van der Waals surface area contributed by atoms with Gasteiger partial charge in [-0.1, -0.05) is 6.07 Å². The number of amides is 1. The number of carbonyl (C=O) groups is 2. The number of aryl methyl sites for hydroxylation is 1. The van der Waals surface area contributed by atoms with Gasteiger partial charge in [0.2, 0.25) is 5.91 Å². The zero-order chi connectivity index (χ0) is 16.7. The first-order chi connectivity index (χ1) is 10.3. The monoisotopic (exact) mass is 371 g/mol. The second kappa shape index (κ2) is 8.78. The molecule has 0 saturated carbocycles. The molecule has 1 amide bonds. The zero-order valence-electron chi connectivity index (χ0n) is 13.1. The van der Waals surface area contributed by atoms with Crippen LogP contribution >= 0.6 is 15.9 Å². The number of rotatable bonds is 8. The maximum absolute atomic E-state index is 12.3. The van der Waals surface area contributed by atoms with Crippen LogP contribution in [0.1, 0.15) is 32.3 Å².